The largest absolute Gasteiger partial charge is 0.467 e. The molecule has 1 aromatic rings. The maximum absolute atomic E-state index is 12.1. The molecule has 1 aliphatic carbocycles. The lowest BCUT2D eigenvalue weighted by Crippen LogP contribution is -2.53. The predicted octanol–water partition coefficient (Wildman–Crippen LogP) is 2.01. The Balaban J connectivity index is 1.81. The maximum Gasteiger partial charge on any atom is 0.331 e. The van der Waals surface area contributed by atoms with Crippen LogP contribution < -0.4 is 5.32 Å². The Morgan fingerprint density at radius 1 is 1.33 bits per heavy atom. The minimum atomic E-state index is -0.795. The lowest BCUT2D eigenvalue weighted by Gasteiger charge is -2.27. The standard InChI is InChI=1S/C16H22N2O3/c1-21-15(20)16(10-3-4-11-16)18-14(19)9-6-8-13-7-2-5-12-17-13/h2,5,7,12H,3-4,6,8-11H2,1H3,(H,18,19). The Labute approximate surface area is 125 Å². The highest BCUT2D eigenvalue weighted by Gasteiger charge is 2.43. The van der Waals surface area contributed by atoms with Gasteiger partial charge in [-0.15, -0.1) is 0 Å². The lowest BCUT2D eigenvalue weighted by molar-refractivity contribution is -0.150. The number of carbonyl (C=O) groups is 2. The number of hydrogen-bond acceptors (Lipinski definition) is 4. The molecular formula is C16H22N2O3. The molecule has 0 unspecified atom stereocenters. The molecule has 1 heterocycles. The van der Waals surface area contributed by atoms with E-state index in [-0.39, 0.29) is 11.9 Å². The number of esters is 1. The van der Waals surface area contributed by atoms with Gasteiger partial charge in [0.05, 0.1) is 7.11 Å². The van der Waals surface area contributed by atoms with Gasteiger partial charge in [0, 0.05) is 18.3 Å². The van der Waals surface area contributed by atoms with Gasteiger partial charge in [0.15, 0.2) is 0 Å². The van der Waals surface area contributed by atoms with Crippen molar-refractivity contribution in [1.82, 2.24) is 10.3 Å². The number of aryl methyl sites for hydroxylation is 1. The van der Waals surface area contributed by atoms with Gasteiger partial charge in [-0.25, -0.2) is 4.79 Å². The Morgan fingerprint density at radius 2 is 2.10 bits per heavy atom. The first-order valence-electron chi connectivity index (χ1n) is 7.46. The summed E-state index contributed by atoms with van der Waals surface area (Å²) in [7, 11) is 1.37. The summed E-state index contributed by atoms with van der Waals surface area (Å²) in [6.45, 7) is 0. The molecule has 5 nitrogen and oxygen atoms in total. The van der Waals surface area contributed by atoms with Crippen LogP contribution in [0.3, 0.4) is 0 Å². The van der Waals surface area contributed by atoms with Crippen molar-refractivity contribution in [1.29, 1.82) is 0 Å². The predicted molar refractivity (Wildman–Crippen MR) is 78.5 cm³/mol. The van der Waals surface area contributed by atoms with Crippen LogP contribution in [0.4, 0.5) is 0 Å². The van der Waals surface area contributed by atoms with Crippen molar-refractivity contribution >= 4 is 11.9 Å². The molecule has 1 N–H and O–H groups in total. The molecule has 114 valence electrons. The van der Waals surface area contributed by atoms with E-state index in [1.807, 2.05) is 18.2 Å². The van der Waals surface area contributed by atoms with Crippen LogP contribution >= 0.6 is 0 Å². The summed E-state index contributed by atoms with van der Waals surface area (Å²) in [5.74, 6) is -0.406. The molecule has 0 radical (unpaired) electrons. The number of nitrogens with one attached hydrogen (secondary N) is 1. The third-order valence-electron chi connectivity index (χ3n) is 3.97. The van der Waals surface area contributed by atoms with Gasteiger partial charge in [0.1, 0.15) is 5.54 Å². The van der Waals surface area contributed by atoms with E-state index in [1.165, 1.54) is 7.11 Å². The highest BCUT2D eigenvalue weighted by molar-refractivity contribution is 5.88. The number of rotatable bonds is 6. The second-order valence-electron chi connectivity index (χ2n) is 5.50. The number of carbonyl (C=O) groups excluding carboxylic acids is 2. The maximum atomic E-state index is 12.1. The van der Waals surface area contributed by atoms with Crippen LogP contribution in [-0.2, 0) is 20.7 Å². The van der Waals surface area contributed by atoms with Crippen LogP contribution in [-0.4, -0.2) is 29.5 Å². The molecule has 1 saturated carbocycles. The molecule has 0 aliphatic heterocycles. The number of aromatic nitrogens is 1. The molecule has 0 saturated heterocycles. The van der Waals surface area contributed by atoms with E-state index >= 15 is 0 Å². The Kier molecular flexibility index (Phi) is 5.31. The molecule has 0 bridgehead atoms. The minimum Gasteiger partial charge on any atom is -0.467 e. The second kappa shape index (κ2) is 7.20. The zero-order valence-corrected chi connectivity index (χ0v) is 12.4. The number of pyridine rings is 1. The summed E-state index contributed by atoms with van der Waals surface area (Å²) in [6.07, 6.45) is 6.87. The fourth-order valence-corrected chi connectivity index (χ4v) is 2.86. The number of amides is 1. The van der Waals surface area contributed by atoms with Crippen LogP contribution in [0.25, 0.3) is 0 Å². The summed E-state index contributed by atoms with van der Waals surface area (Å²) < 4.78 is 4.85. The normalized spacial score (nSPS) is 16.4. The molecule has 2 rings (SSSR count). The Bertz CT molecular complexity index is 482. The van der Waals surface area contributed by atoms with Gasteiger partial charge in [-0.1, -0.05) is 18.9 Å². The molecule has 5 heteroatoms. The number of ether oxygens (including phenoxy) is 1. The third kappa shape index (κ3) is 4.03. The number of nitrogens with zero attached hydrogens (tertiary/aromatic N) is 1. The highest BCUT2D eigenvalue weighted by Crippen LogP contribution is 2.30. The van der Waals surface area contributed by atoms with Gasteiger partial charge in [0.25, 0.3) is 0 Å². The molecule has 1 aromatic heterocycles. The van der Waals surface area contributed by atoms with Crippen LogP contribution in [0.2, 0.25) is 0 Å². The van der Waals surface area contributed by atoms with E-state index < -0.39 is 5.54 Å². The fourth-order valence-electron chi connectivity index (χ4n) is 2.86. The SMILES string of the molecule is COC(=O)C1(NC(=O)CCCc2ccccn2)CCCC1. The minimum absolute atomic E-state index is 0.0850. The van der Waals surface area contributed by atoms with Gasteiger partial charge in [-0.2, -0.15) is 0 Å². The Morgan fingerprint density at radius 3 is 2.71 bits per heavy atom. The van der Waals surface area contributed by atoms with E-state index in [9.17, 15) is 9.59 Å². The monoisotopic (exact) mass is 290 g/mol. The van der Waals surface area contributed by atoms with Crippen molar-refractivity contribution < 1.29 is 14.3 Å². The third-order valence-corrected chi connectivity index (χ3v) is 3.97. The van der Waals surface area contributed by atoms with Crippen LogP contribution in [0.15, 0.2) is 24.4 Å². The van der Waals surface area contributed by atoms with Crippen molar-refractivity contribution in [3.63, 3.8) is 0 Å². The van der Waals surface area contributed by atoms with Crippen molar-refractivity contribution in [2.75, 3.05) is 7.11 Å². The molecule has 0 spiro atoms. The van der Waals surface area contributed by atoms with Gasteiger partial charge in [-0.3, -0.25) is 9.78 Å². The van der Waals surface area contributed by atoms with Crippen molar-refractivity contribution in [3.05, 3.63) is 30.1 Å². The number of hydrogen-bond donors (Lipinski definition) is 1. The van der Waals surface area contributed by atoms with Crippen LogP contribution in [0.1, 0.15) is 44.2 Å². The fraction of sp³-hybridized carbons (Fsp3) is 0.562. The van der Waals surface area contributed by atoms with Gasteiger partial charge < -0.3 is 10.1 Å². The first-order chi connectivity index (χ1) is 10.2. The molecule has 0 aromatic carbocycles. The summed E-state index contributed by atoms with van der Waals surface area (Å²) in [5.41, 5.74) is 0.186. The molecule has 1 amide bonds. The van der Waals surface area contributed by atoms with Crippen molar-refractivity contribution in [3.8, 4) is 0 Å². The van der Waals surface area contributed by atoms with Crippen LogP contribution in [0.5, 0.6) is 0 Å². The molecule has 1 aliphatic rings. The molecule has 1 fully saturated rings. The van der Waals surface area contributed by atoms with E-state index in [4.69, 9.17) is 4.74 Å². The molecule has 0 atom stereocenters. The topological polar surface area (TPSA) is 68.3 Å². The van der Waals surface area contributed by atoms with Gasteiger partial charge in [-0.05, 0) is 37.8 Å². The molecular weight excluding hydrogens is 268 g/mol. The van der Waals surface area contributed by atoms with E-state index in [0.29, 0.717) is 19.3 Å². The summed E-state index contributed by atoms with van der Waals surface area (Å²) in [5, 5.41) is 2.90. The summed E-state index contributed by atoms with van der Waals surface area (Å²) in [6, 6.07) is 5.76. The van der Waals surface area contributed by atoms with E-state index in [2.05, 4.69) is 10.3 Å². The van der Waals surface area contributed by atoms with Crippen molar-refractivity contribution in [2.24, 2.45) is 0 Å². The zero-order valence-electron chi connectivity index (χ0n) is 12.4. The first-order valence-corrected chi connectivity index (χ1v) is 7.46. The molecule has 21 heavy (non-hydrogen) atoms. The van der Waals surface area contributed by atoms with Gasteiger partial charge in [0.2, 0.25) is 5.91 Å². The van der Waals surface area contributed by atoms with Crippen LogP contribution in [0, 0.1) is 0 Å². The highest BCUT2D eigenvalue weighted by atomic mass is 16.5. The van der Waals surface area contributed by atoms with Crippen molar-refractivity contribution in [2.45, 2.75) is 50.5 Å². The quantitative estimate of drug-likeness (QED) is 0.814. The zero-order chi connectivity index (χ0) is 15.1. The average molecular weight is 290 g/mol. The van der Waals surface area contributed by atoms with E-state index in [0.717, 1.165) is 31.4 Å². The van der Waals surface area contributed by atoms with Gasteiger partial charge >= 0.3 is 5.97 Å². The summed E-state index contributed by atoms with van der Waals surface area (Å²) >= 11 is 0. The lowest BCUT2D eigenvalue weighted by atomic mass is 9.97. The first kappa shape index (κ1) is 15.5. The number of methoxy groups -OCH3 is 1. The Hall–Kier alpha value is -1.91. The average Bonchev–Trinajstić information content (AvgIpc) is 2.97. The summed E-state index contributed by atoms with van der Waals surface area (Å²) in [4.78, 5) is 28.2. The smallest absolute Gasteiger partial charge is 0.331 e. The van der Waals surface area contributed by atoms with E-state index in [1.54, 1.807) is 6.20 Å². The second-order valence-corrected chi connectivity index (χ2v) is 5.50.